The maximum absolute atomic E-state index is 9.97. The molecular formula is C18H22ClN5O. The van der Waals surface area contributed by atoms with E-state index in [-0.39, 0.29) is 0 Å². The number of hydrogen-bond donors (Lipinski definition) is 2. The lowest BCUT2D eigenvalue weighted by atomic mass is 10.2. The minimum Gasteiger partial charge on any atom is -0.387 e. The number of aromatic amines is 1. The Hall–Kier alpha value is -1.89. The van der Waals surface area contributed by atoms with E-state index in [0.717, 1.165) is 60.2 Å². The minimum absolute atomic E-state index is 0.464. The molecule has 0 fully saturated rings. The van der Waals surface area contributed by atoms with Crippen LogP contribution in [0.1, 0.15) is 36.7 Å². The highest BCUT2D eigenvalue weighted by atomic mass is 35.5. The number of H-pyrrole nitrogens is 1. The van der Waals surface area contributed by atoms with Gasteiger partial charge in [0.05, 0.1) is 35.1 Å². The Morgan fingerprint density at radius 1 is 1.32 bits per heavy atom. The predicted molar refractivity (Wildman–Crippen MR) is 97.6 cm³/mol. The molecule has 0 radical (unpaired) electrons. The summed E-state index contributed by atoms with van der Waals surface area (Å²) in [5.74, 6) is 0.985. The molecule has 2 N–H and O–H groups in total. The van der Waals surface area contributed by atoms with Crippen molar-refractivity contribution in [3.8, 4) is 0 Å². The molecule has 0 bridgehead atoms. The van der Waals surface area contributed by atoms with E-state index in [9.17, 15) is 5.11 Å². The van der Waals surface area contributed by atoms with Crippen LogP contribution in [0.5, 0.6) is 0 Å². The molecule has 1 aliphatic heterocycles. The van der Waals surface area contributed by atoms with Crippen molar-refractivity contribution in [2.24, 2.45) is 0 Å². The fraction of sp³-hybridized carbons (Fsp3) is 0.444. The number of aliphatic hydroxyl groups is 1. The minimum atomic E-state index is -0.464. The Labute approximate surface area is 151 Å². The number of nitrogens with zero attached hydrogens (tertiary/aromatic N) is 4. The Kier molecular flexibility index (Phi) is 4.50. The van der Waals surface area contributed by atoms with Crippen molar-refractivity contribution in [3.05, 3.63) is 46.5 Å². The van der Waals surface area contributed by atoms with Crippen LogP contribution in [-0.4, -0.2) is 42.8 Å². The van der Waals surface area contributed by atoms with Gasteiger partial charge in [-0.05, 0) is 30.7 Å². The first kappa shape index (κ1) is 16.6. The molecule has 1 unspecified atom stereocenters. The highest BCUT2D eigenvalue weighted by Crippen LogP contribution is 2.21. The van der Waals surface area contributed by atoms with Crippen LogP contribution in [0.4, 0.5) is 0 Å². The lowest BCUT2D eigenvalue weighted by Crippen LogP contribution is -2.35. The molecule has 0 saturated carbocycles. The van der Waals surface area contributed by atoms with Gasteiger partial charge in [0.25, 0.3) is 0 Å². The van der Waals surface area contributed by atoms with Gasteiger partial charge >= 0.3 is 0 Å². The molecule has 4 rings (SSSR count). The maximum atomic E-state index is 9.97. The van der Waals surface area contributed by atoms with E-state index in [1.165, 1.54) is 5.69 Å². The van der Waals surface area contributed by atoms with E-state index in [2.05, 4.69) is 20.0 Å². The smallest absolute Gasteiger partial charge is 0.108 e. The predicted octanol–water partition coefficient (Wildman–Crippen LogP) is 2.91. The van der Waals surface area contributed by atoms with Gasteiger partial charge in [-0.3, -0.25) is 9.58 Å². The van der Waals surface area contributed by atoms with Crippen molar-refractivity contribution in [2.45, 2.75) is 39.0 Å². The number of benzene rings is 1. The molecule has 1 aliphatic rings. The number of nitrogens with one attached hydrogen (secondary N) is 1. The highest BCUT2D eigenvalue weighted by Gasteiger charge is 2.20. The van der Waals surface area contributed by atoms with E-state index in [0.29, 0.717) is 6.42 Å². The van der Waals surface area contributed by atoms with Crippen LogP contribution in [-0.2, 0) is 19.5 Å². The zero-order valence-electron chi connectivity index (χ0n) is 14.2. The summed E-state index contributed by atoms with van der Waals surface area (Å²) in [4.78, 5) is 10.4. The number of aliphatic hydroxyl groups excluding tert-OH is 1. The SMILES string of the molecule is CCC(O)c1cc2n(n1)CCN(CCc1nc3ccc(Cl)cc3[nH]1)C2. The van der Waals surface area contributed by atoms with Crippen LogP contribution < -0.4 is 0 Å². The van der Waals surface area contributed by atoms with Crippen molar-refractivity contribution in [3.63, 3.8) is 0 Å². The lowest BCUT2D eigenvalue weighted by molar-refractivity contribution is 0.167. The van der Waals surface area contributed by atoms with Gasteiger partial charge in [-0.15, -0.1) is 0 Å². The fourth-order valence-electron chi connectivity index (χ4n) is 3.32. The molecule has 0 saturated heterocycles. The second kappa shape index (κ2) is 6.78. The number of rotatable bonds is 5. The van der Waals surface area contributed by atoms with Crippen molar-refractivity contribution in [1.82, 2.24) is 24.6 Å². The molecule has 6 nitrogen and oxygen atoms in total. The van der Waals surface area contributed by atoms with Crippen LogP contribution in [0.3, 0.4) is 0 Å². The summed E-state index contributed by atoms with van der Waals surface area (Å²) in [7, 11) is 0. The van der Waals surface area contributed by atoms with Gasteiger partial charge in [0.1, 0.15) is 5.82 Å². The van der Waals surface area contributed by atoms with E-state index < -0.39 is 6.10 Å². The van der Waals surface area contributed by atoms with Crippen LogP contribution in [0.25, 0.3) is 11.0 Å². The van der Waals surface area contributed by atoms with E-state index >= 15 is 0 Å². The van der Waals surface area contributed by atoms with Gasteiger partial charge in [0.2, 0.25) is 0 Å². The van der Waals surface area contributed by atoms with Crippen molar-refractivity contribution < 1.29 is 5.11 Å². The largest absolute Gasteiger partial charge is 0.387 e. The second-order valence-corrected chi connectivity index (χ2v) is 7.02. The molecule has 0 spiro atoms. The monoisotopic (exact) mass is 359 g/mol. The third kappa shape index (κ3) is 3.42. The Balaban J connectivity index is 1.41. The summed E-state index contributed by atoms with van der Waals surface area (Å²) < 4.78 is 2.02. The van der Waals surface area contributed by atoms with Crippen molar-refractivity contribution in [1.29, 1.82) is 0 Å². The summed E-state index contributed by atoms with van der Waals surface area (Å²) >= 11 is 6.03. The number of halogens is 1. The first-order valence-electron chi connectivity index (χ1n) is 8.73. The zero-order valence-corrected chi connectivity index (χ0v) is 15.0. The highest BCUT2D eigenvalue weighted by molar-refractivity contribution is 6.31. The molecule has 0 aliphatic carbocycles. The van der Waals surface area contributed by atoms with Crippen LogP contribution in [0.2, 0.25) is 5.02 Å². The summed E-state index contributed by atoms with van der Waals surface area (Å²) in [6, 6.07) is 7.75. The van der Waals surface area contributed by atoms with Gasteiger partial charge in [-0.25, -0.2) is 4.98 Å². The van der Waals surface area contributed by atoms with Crippen LogP contribution in [0.15, 0.2) is 24.3 Å². The summed E-state index contributed by atoms with van der Waals surface area (Å²) in [5.41, 5.74) is 3.89. The van der Waals surface area contributed by atoms with Gasteiger partial charge < -0.3 is 10.1 Å². The summed E-state index contributed by atoms with van der Waals surface area (Å²) in [6.07, 6.45) is 1.09. The molecule has 3 heterocycles. The Morgan fingerprint density at radius 3 is 3.04 bits per heavy atom. The molecule has 3 aromatic rings. The zero-order chi connectivity index (χ0) is 17.4. The lowest BCUT2D eigenvalue weighted by Gasteiger charge is -2.27. The van der Waals surface area contributed by atoms with E-state index in [1.54, 1.807) is 0 Å². The number of aromatic nitrogens is 4. The van der Waals surface area contributed by atoms with E-state index in [1.807, 2.05) is 35.9 Å². The topological polar surface area (TPSA) is 70.0 Å². The molecule has 1 aromatic carbocycles. The average molecular weight is 360 g/mol. The molecule has 0 amide bonds. The van der Waals surface area contributed by atoms with Gasteiger partial charge in [0, 0.05) is 31.1 Å². The third-order valence-corrected chi connectivity index (χ3v) is 5.02. The molecule has 7 heteroatoms. The first-order valence-corrected chi connectivity index (χ1v) is 9.11. The third-order valence-electron chi connectivity index (χ3n) is 4.78. The van der Waals surface area contributed by atoms with Gasteiger partial charge in [0.15, 0.2) is 0 Å². The molecule has 132 valence electrons. The molecule has 2 aromatic heterocycles. The standard InChI is InChI=1S/C18H22ClN5O/c1-2-17(25)16-10-13-11-23(7-8-24(13)22-16)6-5-18-20-14-4-3-12(19)9-15(14)21-18/h3-4,9-10,17,25H,2,5-8,11H2,1H3,(H,20,21). The first-order chi connectivity index (χ1) is 12.1. The van der Waals surface area contributed by atoms with Crippen LogP contribution >= 0.6 is 11.6 Å². The van der Waals surface area contributed by atoms with Crippen molar-refractivity contribution >= 4 is 22.6 Å². The number of imidazole rings is 1. The molecular weight excluding hydrogens is 338 g/mol. The normalized spacial score (nSPS) is 16.3. The number of hydrogen-bond acceptors (Lipinski definition) is 4. The van der Waals surface area contributed by atoms with Gasteiger partial charge in [-0.1, -0.05) is 18.5 Å². The molecule has 25 heavy (non-hydrogen) atoms. The average Bonchev–Trinajstić information content (AvgIpc) is 3.21. The Bertz CT molecular complexity index is 887. The number of fused-ring (bicyclic) bond motifs is 2. The fourth-order valence-corrected chi connectivity index (χ4v) is 3.49. The molecule has 1 atom stereocenters. The summed E-state index contributed by atoms with van der Waals surface area (Å²) in [5, 5.41) is 15.2. The van der Waals surface area contributed by atoms with Crippen LogP contribution in [0, 0.1) is 0 Å². The van der Waals surface area contributed by atoms with E-state index in [4.69, 9.17) is 11.6 Å². The summed E-state index contributed by atoms with van der Waals surface area (Å²) in [6.45, 7) is 5.58. The Morgan fingerprint density at radius 2 is 2.20 bits per heavy atom. The quantitative estimate of drug-likeness (QED) is 0.734. The maximum Gasteiger partial charge on any atom is 0.108 e. The van der Waals surface area contributed by atoms with Gasteiger partial charge in [-0.2, -0.15) is 5.10 Å². The van der Waals surface area contributed by atoms with Crippen molar-refractivity contribution in [2.75, 3.05) is 13.1 Å². The second-order valence-electron chi connectivity index (χ2n) is 6.58.